The number of hydrogen-bond donors (Lipinski definition) is 0. The molecule has 0 aromatic heterocycles. The molecule has 0 saturated carbocycles. The Kier molecular flexibility index (Phi) is 13.8. The minimum atomic E-state index is -0.458. The van der Waals surface area contributed by atoms with E-state index in [1.807, 2.05) is 30.3 Å². The summed E-state index contributed by atoms with van der Waals surface area (Å²) in [6.45, 7) is 4.34. The molecule has 5 nitrogen and oxygen atoms in total. The fourth-order valence-electron chi connectivity index (χ4n) is 1.70. The minimum Gasteiger partial charge on any atom is -0.377 e. The van der Waals surface area contributed by atoms with E-state index < -0.39 is 6.67 Å². The van der Waals surface area contributed by atoms with Gasteiger partial charge in [0, 0.05) is 0 Å². The Morgan fingerprint density at radius 2 is 1.00 bits per heavy atom. The van der Waals surface area contributed by atoms with Crippen LogP contribution in [0.15, 0.2) is 30.3 Å². The Balaban J connectivity index is 1.72. The topological polar surface area (TPSA) is 46.2 Å². The maximum Gasteiger partial charge on any atom is 0.113 e. The third kappa shape index (κ3) is 13.1. The molecule has 0 saturated heterocycles. The van der Waals surface area contributed by atoms with Gasteiger partial charge < -0.3 is 23.7 Å². The monoisotopic (exact) mass is 330 g/mol. The predicted molar refractivity (Wildman–Crippen MR) is 85.3 cm³/mol. The smallest absolute Gasteiger partial charge is 0.113 e. The summed E-state index contributed by atoms with van der Waals surface area (Å²) in [4.78, 5) is 0. The molecule has 0 aliphatic heterocycles. The van der Waals surface area contributed by atoms with E-state index in [1.54, 1.807) is 0 Å². The van der Waals surface area contributed by atoms with E-state index in [0.717, 1.165) is 5.56 Å². The molecule has 1 aromatic carbocycles. The van der Waals surface area contributed by atoms with Gasteiger partial charge in [-0.15, -0.1) is 0 Å². The van der Waals surface area contributed by atoms with Crippen molar-refractivity contribution in [1.29, 1.82) is 0 Å². The molecule has 0 atom stereocenters. The van der Waals surface area contributed by atoms with Crippen LogP contribution in [0.2, 0.25) is 0 Å². The fraction of sp³-hybridized carbons (Fsp3) is 0.647. The average molecular weight is 330 g/mol. The molecular formula is C17H27FO5. The first-order chi connectivity index (χ1) is 11.4. The second kappa shape index (κ2) is 15.8. The summed E-state index contributed by atoms with van der Waals surface area (Å²) >= 11 is 0. The van der Waals surface area contributed by atoms with Gasteiger partial charge in [-0.25, -0.2) is 4.39 Å². The van der Waals surface area contributed by atoms with Gasteiger partial charge in [0.15, 0.2) is 0 Å². The van der Waals surface area contributed by atoms with Gasteiger partial charge in [0.1, 0.15) is 6.67 Å². The Morgan fingerprint density at radius 3 is 1.48 bits per heavy atom. The quantitative estimate of drug-likeness (QED) is 0.435. The van der Waals surface area contributed by atoms with Crippen LogP contribution < -0.4 is 0 Å². The van der Waals surface area contributed by atoms with Gasteiger partial charge >= 0.3 is 0 Å². The van der Waals surface area contributed by atoms with Crippen LogP contribution in [0.25, 0.3) is 0 Å². The van der Waals surface area contributed by atoms with E-state index >= 15 is 0 Å². The van der Waals surface area contributed by atoms with E-state index in [-0.39, 0.29) is 6.61 Å². The largest absolute Gasteiger partial charge is 0.377 e. The molecule has 6 heteroatoms. The second-order valence-electron chi connectivity index (χ2n) is 4.68. The highest BCUT2D eigenvalue weighted by Crippen LogP contribution is 1.99. The van der Waals surface area contributed by atoms with E-state index in [2.05, 4.69) is 0 Å². The summed E-state index contributed by atoms with van der Waals surface area (Å²) in [5.74, 6) is 0. The normalized spacial score (nSPS) is 11.0. The Bertz CT molecular complexity index is 350. The highest BCUT2D eigenvalue weighted by atomic mass is 19.1. The van der Waals surface area contributed by atoms with Gasteiger partial charge in [0.2, 0.25) is 0 Å². The van der Waals surface area contributed by atoms with Crippen molar-refractivity contribution in [3.05, 3.63) is 35.9 Å². The lowest BCUT2D eigenvalue weighted by Crippen LogP contribution is -2.13. The molecule has 132 valence electrons. The van der Waals surface area contributed by atoms with Crippen LogP contribution in [0, 0.1) is 0 Å². The Morgan fingerprint density at radius 1 is 0.565 bits per heavy atom. The number of alkyl halides is 1. The first-order valence-corrected chi connectivity index (χ1v) is 7.92. The Hall–Kier alpha value is -1.05. The summed E-state index contributed by atoms with van der Waals surface area (Å²) in [5.41, 5.74) is 1.16. The molecule has 0 spiro atoms. The average Bonchev–Trinajstić information content (AvgIpc) is 2.59. The van der Waals surface area contributed by atoms with Crippen LogP contribution in [0.3, 0.4) is 0 Å². The van der Waals surface area contributed by atoms with E-state index in [0.29, 0.717) is 59.5 Å². The predicted octanol–water partition coefficient (Wildman–Crippen LogP) is 2.24. The second-order valence-corrected chi connectivity index (χ2v) is 4.68. The molecule has 1 aromatic rings. The van der Waals surface area contributed by atoms with Gasteiger partial charge in [0.25, 0.3) is 0 Å². The van der Waals surface area contributed by atoms with Crippen LogP contribution in [-0.4, -0.2) is 66.1 Å². The molecule has 1 rings (SSSR count). The van der Waals surface area contributed by atoms with Crippen molar-refractivity contribution in [1.82, 2.24) is 0 Å². The zero-order chi connectivity index (χ0) is 16.4. The van der Waals surface area contributed by atoms with Gasteiger partial charge in [-0.05, 0) is 5.56 Å². The summed E-state index contributed by atoms with van der Waals surface area (Å²) in [6.07, 6.45) is 0. The molecule has 23 heavy (non-hydrogen) atoms. The van der Waals surface area contributed by atoms with Crippen LogP contribution in [0.4, 0.5) is 4.39 Å². The van der Waals surface area contributed by atoms with Gasteiger partial charge in [-0.2, -0.15) is 0 Å². The van der Waals surface area contributed by atoms with E-state index in [1.165, 1.54) is 0 Å². The maximum atomic E-state index is 11.7. The summed E-state index contributed by atoms with van der Waals surface area (Å²) in [6, 6.07) is 10.0. The van der Waals surface area contributed by atoms with Gasteiger partial charge in [-0.1, -0.05) is 30.3 Å². The molecular weight excluding hydrogens is 303 g/mol. The summed E-state index contributed by atoms with van der Waals surface area (Å²) in [7, 11) is 0. The van der Waals surface area contributed by atoms with Crippen molar-refractivity contribution in [2.75, 3.05) is 66.1 Å². The van der Waals surface area contributed by atoms with Crippen LogP contribution in [-0.2, 0) is 30.3 Å². The SMILES string of the molecule is FCCOCCOCCOCCOCCOCc1ccccc1. The first kappa shape index (κ1) is 20.0. The van der Waals surface area contributed by atoms with Crippen LogP contribution >= 0.6 is 0 Å². The van der Waals surface area contributed by atoms with Crippen molar-refractivity contribution in [2.24, 2.45) is 0 Å². The molecule has 0 heterocycles. The van der Waals surface area contributed by atoms with Gasteiger partial charge in [0.05, 0.1) is 66.1 Å². The zero-order valence-electron chi connectivity index (χ0n) is 13.6. The standard InChI is InChI=1S/C17H27FO5/c18-6-7-19-8-9-20-10-11-21-12-13-22-14-15-23-16-17-4-2-1-3-5-17/h1-5H,6-16H2. The van der Waals surface area contributed by atoms with Crippen molar-refractivity contribution in [2.45, 2.75) is 6.61 Å². The number of rotatable bonds is 16. The molecule has 0 N–H and O–H groups in total. The fourth-order valence-corrected chi connectivity index (χ4v) is 1.70. The van der Waals surface area contributed by atoms with Gasteiger partial charge in [-0.3, -0.25) is 0 Å². The lowest BCUT2D eigenvalue weighted by molar-refractivity contribution is -0.0131. The zero-order valence-corrected chi connectivity index (χ0v) is 13.6. The number of halogens is 1. The van der Waals surface area contributed by atoms with E-state index in [4.69, 9.17) is 23.7 Å². The molecule has 0 fully saturated rings. The number of ether oxygens (including phenoxy) is 5. The molecule has 0 amide bonds. The molecule has 0 aliphatic carbocycles. The summed E-state index contributed by atoms with van der Waals surface area (Å²) in [5, 5.41) is 0. The Labute approximate surface area is 137 Å². The van der Waals surface area contributed by atoms with Crippen LogP contribution in [0.1, 0.15) is 5.56 Å². The molecule has 0 bridgehead atoms. The highest BCUT2D eigenvalue weighted by molar-refractivity contribution is 5.13. The van der Waals surface area contributed by atoms with Crippen molar-refractivity contribution < 1.29 is 28.1 Å². The third-order valence-electron chi connectivity index (χ3n) is 2.82. The molecule has 0 aliphatic rings. The number of benzene rings is 1. The maximum absolute atomic E-state index is 11.7. The van der Waals surface area contributed by atoms with Crippen LogP contribution in [0.5, 0.6) is 0 Å². The minimum absolute atomic E-state index is 0.131. The third-order valence-corrected chi connectivity index (χ3v) is 2.82. The highest BCUT2D eigenvalue weighted by Gasteiger charge is 1.94. The van der Waals surface area contributed by atoms with E-state index in [9.17, 15) is 4.39 Å². The lowest BCUT2D eigenvalue weighted by Gasteiger charge is -2.07. The summed E-state index contributed by atoms with van der Waals surface area (Å²) < 4.78 is 38.1. The first-order valence-electron chi connectivity index (χ1n) is 7.92. The van der Waals surface area contributed by atoms with Crippen molar-refractivity contribution in [3.8, 4) is 0 Å². The number of hydrogen-bond acceptors (Lipinski definition) is 5. The lowest BCUT2D eigenvalue weighted by atomic mass is 10.2. The van der Waals surface area contributed by atoms with Crippen molar-refractivity contribution in [3.63, 3.8) is 0 Å². The molecule has 0 radical (unpaired) electrons. The molecule has 0 unspecified atom stereocenters. The van der Waals surface area contributed by atoms with Crippen molar-refractivity contribution >= 4 is 0 Å².